The molecule has 0 fully saturated rings. The number of imidazole rings is 1. The zero-order chi connectivity index (χ0) is 9.80. The molecule has 0 atom stereocenters. The highest BCUT2D eigenvalue weighted by Crippen LogP contribution is 2.03. The van der Waals surface area contributed by atoms with Gasteiger partial charge in [0.1, 0.15) is 12.9 Å². The molecule has 0 N–H and O–H groups in total. The second-order valence-corrected chi connectivity index (χ2v) is 3.18. The Morgan fingerprint density at radius 1 is 1.29 bits per heavy atom. The van der Waals surface area contributed by atoms with Crippen LogP contribution < -0.4 is 4.84 Å². The molecule has 14 heavy (non-hydrogen) atoms. The smallest absolute Gasteiger partial charge is 0.140 e. The van der Waals surface area contributed by atoms with E-state index in [1.165, 1.54) is 5.56 Å². The number of hydrogen-bond donors (Lipinski definition) is 0. The van der Waals surface area contributed by atoms with Crippen molar-refractivity contribution in [2.75, 3.05) is 0 Å². The van der Waals surface area contributed by atoms with Gasteiger partial charge in [0.05, 0.1) is 6.20 Å². The second kappa shape index (κ2) is 3.96. The highest BCUT2D eigenvalue weighted by atomic mass is 16.7. The van der Waals surface area contributed by atoms with Gasteiger partial charge in [-0.1, -0.05) is 29.8 Å². The summed E-state index contributed by atoms with van der Waals surface area (Å²) in [6.07, 6.45) is 5.09. The van der Waals surface area contributed by atoms with Crippen LogP contribution in [0.3, 0.4) is 0 Å². The molecule has 0 amide bonds. The number of hydrogen-bond acceptors (Lipinski definition) is 2. The van der Waals surface area contributed by atoms with Crippen molar-refractivity contribution in [2.45, 2.75) is 13.5 Å². The molecule has 1 heterocycles. The van der Waals surface area contributed by atoms with Crippen LogP contribution >= 0.6 is 0 Å². The first-order chi connectivity index (χ1) is 6.84. The van der Waals surface area contributed by atoms with Crippen LogP contribution in [0.4, 0.5) is 0 Å². The molecule has 0 saturated heterocycles. The van der Waals surface area contributed by atoms with Gasteiger partial charge in [-0.15, -0.1) is 0 Å². The standard InChI is InChI=1S/C11H12N2O/c1-10-2-4-11(5-3-10)8-14-13-7-6-12-9-13/h2-7,9H,8H2,1H3. The Morgan fingerprint density at radius 3 is 2.71 bits per heavy atom. The number of aromatic nitrogens is 2. The topological polar surface area (TPSA) is 27.1 Å². The Kier molecular flexibility index (Phi) is 2.49. The molecule has 0 spiro atoms. The summed E-state index contributed by atoms with van der Waals surface area (Å²) in [4.78, 5) is 9.31. The highest BCUT2D eigenvalue weighted by Gasteiger charge is 1.93. The SMILES string of the molecule is Cc1ccc(COn2ccnc2)cc1. The Bertz CT molecular complexity index is 378. The molecule has 72 valence electrons. The molecule has 0 aliphatic heterocycles. The molecule has 3 nitrogen and oxygen atoms in total. The van der Waals surface area contributed by atoms with Gasteiger partial charge in [-0.3, -0.25) is 0 Å². The predicted octanol–water partition coefficient (Wildman–Crippen LogP) is 1.82. The van der Waals surface area contributed by atoms with Crippen LogP contribution in [0.5, 0.6) is 0 Å². The normalized spacial score (nSPS) is 10.1. The van der Waals surface area contributed by atoms with Crippen molar-refractivity contribution in [2.24, 2.45) is 0 Å². The molecular weight excluding hydrogens is 176 g/mol. The summed E-state index contributed by atoms with van der Waals surface area (Å²) < 4.78 is 1.60. The molecule has 0 radical (unpaired) electrons. The maximum Gasteiger partial charge on any atom is 0.140 e. The Labute approximate surface area is 82.9 Å². The van der Waals surface area contributed by atoms with E-state index in [-0.39, 0.29) is 0 Å². The van der Waals surface area contributed by atoms with Gasteiger partial charge in [0.25, 0.3) is 0 Å². The summed E-state index contributed by atoms with van der Waals surface area (Å²) in [6.45, 7) is 2.64. The van der Waals surface area contributed by atoms with E-state index in [0.29, 0.717) is 6.61 Å². The lowest BCUT2D eigenvalue weighted by Gasteiger charge is -2.05. The van der Waals surface area contributed by atoms with Crippen LogP contribution in [0.25, 0.3) is 0 Å². The summed E-state index contributed by atoms with van der Waals surface area (Å²) in [5, 5.41) is 0. The van der Waals surface area contributed by atoms with Crippen molar-refractivity contribution in [3.05, 3.63) is 54.1 Å². The summed E-state index contributed by atoms with van der Waals surface area (Å²) in [6, 6.07) is 8.28. The fraction of sp³-hybridized carbons (Fsp3) is 0.182. The molecule has 2 aromatic rings. The molecule has 1 aromatic carbocycles. The average molecular weight is 188 g/mol. The molecule has 0 aliphatic carbocycles. The summed E-state index contributed by atoms with van der Waals surface area (Å²) >= 11 is 0. The molecular formula is C11H12N2O. The van der Waals surface area contributed by atoms with Crippen LogP contribution in [0.1, 0.15) is 11.1 Å². The first-order valence-electron chi connectivity index (χ1n) is 4.51. The van der Waals surface area contributed by atoms with Gasteiger partial charge >= 0.3 is 0 Å². The van der Waals surface area contributed by atoms with Crippen molar-refractivity contribution < 1.29 is 4.84 Å². The Hall–Kier alpha value is -1.77. The van der Waals surface area contributed by atoms with Crippen molar-refractivity contribution in [3.8, 4) is 0 Å². The van der Waals surface area contributed by atoms with E-state index in [9.17, 15) is 0 Å². The van der Waals surface area contributed by atoms with E-state index in [1.807, 2.05) is 0 Å². The van der Waals surface area contributed by atoms with Crippen molar-refractivity contribution in [3.63, 3.8) is 0 Å². The quantitative estimate of drug-likeness (QED) is 0.734. The van der Waals surface area contributed by atoms with E-state index in [2.05, 4.69) is 36.2 Å². The third kappa shape index (κ3) is 2.13. The molecule has 0 aliphatic rings. The first-order valence-corrected chi connectivity index (χ1v) is 4.51. The van der Waals surface area contributed by atoms with Gasteiger partial charge in [0.2, 0.25) is 0 Å². The van der Waals surface area contributed by atoms with Crippen LogP contribution in [0.15, 0.2) is 43.0 Å². The van der Waals surface area contributed by atoms with Crippen LogP contribution in [-0.4, -0.2) is 9.71 Å². The molecule has 3 heteroatoms. The van der Waals surface area contributed by atoms with Crippen LogP contribution in [-0.2, 0) is 6.61 Å². The number of aryl methyl sites for hydroxylation is 1. The lowest BCUT2D eigenvalue weighted by molar-refractivity contribution is 0.0969. The highest BCUT2D eigenvalue weighted by molar-refractivity contribution is 5.20. The van der Waals surface area contributed by atoms with E-state index in [4.69, 9.17) is 4.84 Å². The first kappa shape index (κ1) is 8.81. The second-order valence-electron chi connectivity index (χ2n) is 3.18. The van der Waals surface area contributed by atoms with Gasteiger partial charge < -0.3 is 4.84 Å². The summed E-state index contributed by atoms with van der Waals surface area (Å²) in [5.74, 6) is 0. The maximum absolute atomic E-state index is 5.43. The molecule has 2 rings (SSSR count). The zero-order valence-electron chi connectivity index (χ0n) is 8.05. The maximum atomic E-state index is 5.43. The van der Waals surface area contributed by atoms with Crippen molar-refractivity contribution >= 4 is 0 Å². The molecule has 0 saturated carbocycles. The van der Waals surface area contributed by atoms with Crippen LogP contribution in [0, 0.1) is 6.92 Å². The van der Waals surface area contributed by atoms with E-state index in [1.54, 1.807) is 23.5 Å². The van der Waals surface area contributed by atoms with Gasteiger partial charge in [0, 0.05) is 6.20 Å². The molecule has 0 bridgehead atoms. The third-order valence-corrected chi connectivity index (χ3v) is 1.98. The molecule has 1 aromatic heterocycles. The van der Waals surface area contributed by atoms with Gasteiger partial charge in [-0.25, -0.2) is 4.98 Å². The number of benzene rings is 1. The lowest BCUT2D eigenvalue weighted by atomic mass is 10.2. The Balaban J connectivity index is 1.95. The van der Waals surface area contributed by atoms with Crippen molar-refractivity contribution in [1.29, 1.82) is 0 Å². The largest absolute Gasteiger partial charge is 0.408 e. The number of rotatable bonds is 3. The van der Waals surface area contributed by atoms with Crippen LogP contribution in [0.2, 0.25) is 0 Å². The van der Waals surface area contributed by atoms with E-state index >= 15 is 0 Å². The lowest BCUT2D eigenvalue weighted by Crippen LogP contribution is -2.08. The minimum atomic E-state index is 0.566. The summed E-state index contributed by atoms with van der Waals surface area (Å²) in [5.41, 5.74) is 2.42. The Morgan fingerprint density at radius 2 is 2.07 bits per heavy atom. The molecule has 0 unspecified atom stereocenters. The minimum Gasteiger partial charge on any atom is -0.408 e. The van der Waals surface area contributed by atoms with Crippen molar-refractivity contribution in [1.82, 2.24) is 9.71 Å². The monoisotopic (exact) mass is 188 g/mol. The number of nitrogens with zero attached hydrogens (tertiary/aromatic N) is 2. The van der Waals surface area contributed by atoms with Gasteiger partial charge in [-0.05, 0) is 12.5 Å². The van der Waals surface area contributed by atoms with E-state index < -0.39 is 0 Å². The zero-order valence-corrected chi connectivity index (χ0v) is 8.05. The van der Waals surface area contributed by atoms with Gasteiger partial charge in [-0.2, -0.15) is 4.73 Å². The third-order valence-electron chi connectivity index (χ3n) is 1.98. The predicted molar refractivity (Wildman–Crippen MR) is 53.7 cm³/mol. The van der Waals surface area contributed by atoms with Gasteiger partial charge in [0.15, 0.2) is 0 Å². The fourth-order valence-electron chi connectivity index (χ4n) is 1.16. The summed E-state index contributed by atoms with van der Waals surface area (Å²) in [7, 11) is 0. The fourth-order valence-corrected chi connectivity index (χ4v) is 1.16. The minimum absolute atomic E-state index is 0.566. The van der Waals surface area contributed by atoms with E-state index in [0.717, 1.165) is 5.56 Å². The average Bonchev–Trinajstić information content (AvgIpc) is 2.70.